The number of nitrogens with zero attached hydrogens (tertiary/aromatic N) is 1. The first-order valence-corrected chi connectivity index (χ1v) is 9.61. The van der Waals surface area contributed by atoms with Crippen LogP contribution in [-0.2, 0) is 13.1 Å². The SMILES string of the molecule is CC(C)[C@@H](C#Cc1ccccc1)N(Cc1ccccc1)Cc1ccccc1. The van der Waals surface area contributed by atoms with E-state index in [9.17, 15) is 0 Å². The summed E-state index contributed by atoms with van der Waals surface area (Å²) in [6, 6.07) is 31.8. The van der Waals surface area contributed by atoms with Gasteiger partial charge in [-0.25, -0.2) is 0 Å². The van der Waals surface area contributed by atoms with Gasteiger partial charge in [0.2, 0.25) is 0 Å². The van der Waals surface area contributed by atoms with E-state index in [0.29, 0.717) is 5.92 Å². The van der Waals surface area contributed by atoms with Crippen LogP contribution in [0.15, 0.2) is 91.0 Å². The Bertz CT molecular complexity index is 816. The van der Waals surface area contributed by atoms with Gasteiger partial charge in [-0.2, -0.15) is 0 Å². The highest BCUT2D eigenvalue weighted by Crippen LogP contribution is 2.18. The Morgan fingerprint density at radius 3 is 1.56 bits per heavy atom. The molecule has 3 aromatic carbocycles. The summed E-state index contributed by atoms with van der Waals surface area (Å²) in [5.74, 6) is 7.38. The van der Waals surface area contributed by atoms with Crippen LogP contribution in [0.25, 0.3) is 0 Å². The average Bonchev–Trinajstić information content (AvgIpc) is 2.70. The first-order chi connectivity index (χ1) is 13.2. The van der Waals surface area contributed by atoms with Gasteiger partial charge >= 0.3 is 0 Å². The number of benzene rings is 3. The van der Waals surface area contributed by atoms with Gasteiger partial charge in [0.25, 0.3) is 0 Å². The monoisotopic (exact) mass is 353 g/mol. The van der Waals surface area contributed by atoms with Crippen LogP contribution in [0, 0.1) is 17.8 Å². The standard InChI is InChI=1S/C26H27N/c1-22(2)26(19-18-23-12-6-3-7-13-23)27(20-24-14-8-4-9-15-24)21-25-16-10-5-11-17-25/h3-17,22,26H,20-21H2,1-2H3/t26-/m1/s1. The largest absolute Gasteiger partial charge is 0.281 e. The van der Waals surface area contributed by atoms with Crippen LogP contribution in [0.5, 0.6) is 0 Å². The van der Waals surface area contributed by atoms with Crippen LogP contribution in [0.2, 0.25) is 0 Å². The van der Waals surface area contributed by atoms with Crippen molar-refractivity contribution >= 4 is 0 Å². The van der Waals surface area contributed by atoms with Crippen molar-refractivity contribution < 1.29 is 0 Å². The fourth-order valence-corrected chi connectivity index (χ4v) is 3.25. The molecule has 0 heterocycles. The molecule has 0 aliphatic carbocycles. The van der Waals surface area contributed by atoms with Gasteiger partial charge in [-0.05, 0) is 29.2 Å². The Morgan fingerprint density at radius 2 is 1.11 bits per heavy atom. The summed E-state index contributed by atoms with van der Waals surface area (Å²) in [6.07, 6.45) is 0. The van der Waals surface area contributed by atoms with E-state index in [0.717, 1.165) is 18.7 Å². The van der Waals surface area contributed by atoms with Crippen LogP contribution in [0.4, 0.5) is 0 Å². The average molecular weight is 354 g/mol. The maximum Gasteiger partial charge on any atom is 0.0747 e. The molecule has 0 fully saturated rings. The van der Waals surface area contributed by atoms with Crippen LogP contribution in [0.3, 0.4) is 0 Å². The summed E-state index contributed by atoms with van der Waals surface area (Å²) in [7, 11) is 0. The zero-order valence-electron chi connectivity index (χ0n) is 16.2. The molecular formula is C26H27N. The molecule has 0 saturated heterocycles. The Labute approximate surface area is 163 Å². The molecule has 0 aliphatic rings. The normalized spacial score (nSPS) is 11.9. The van der Waals surface area contributed by atoms with Crippen LogP contribution >= 0.6 is 0 Å². The second-order valence-corrected chi connectivity index (χ2v) is 7.20. The van der Waals surface area contributed by atoms with E-state index < -0.39 is 0 Å². The summed E-state index contributed by atoms with van der Waals surface area (Å²) in [5.41, 5.74) is 3.71. The van der Waals surface area contributed by atoms with E-state index in [1.54, 1.807) is 0 Å². The van der Waals surface area contributed by atoms with Gasteiger partial charge in [0.05, 0.1) is 6.04 Å². The van der Waals surface area contributed by atoms with Crippen molar-refractivity contribution in [2.24, 2.45) is 5.92 Å². The highest BCUT2D eigenvalue weighted by atomic mass is 15.2. The Morgan fingerprint density at radius 1 is 0.667 bits per heavy atom. The number of hydrogen-bond acceptors (Lipinski definition) is 1. The summed E-state index contributed by atoms with van der Waals surface area (Å²) in [6.45, 7) is 6.30. The lowest BCUT2D eigenvalue weighted by Crippen LogP contribution is -2.37. The molecule has 1 nitrogen and oxygen atoms in total. The lowest BCUT2D eigenvalue weighted by atomic mass is 10.0. The first kappa shape index (κ1) is 19.0. The van der Waals surface area contributed by atoms with E-state index in [2.05, 4.69) is 103 Å². The van der Waals surface area contributed by atoms with E-state index in [-0.39, 0.29) is 6.04 Å². The van der Waals surface area contributed by atoms with E-state index in [1.807, 2.05) is 18.2 Å². The summed E-state index contributed by atoms with van der Waals surface area (Å²) < 4.78 is 0. The highest BCUT2D eigenvalue weighted by molar-refractivity contribution is 5.35. The lowest BCUT2D eigenvalue weighted by Gasteiger charge is -2.31. The molecule has 0 unspecified atom stereocenters. The molecule has 1 heteroatoms. The predicted molar refractivity (Wildman–Crippen MR) is 114 cm³/mol. The molecule has 3 rings (SSSR count). The predicted octanol–water partition coefficient (Wildman–Crippen LogP) is 5.77. The first-order valence-electron chi connectivity index (χ1n) is 9.61. The smallest absolute Gasteiger partial charge is 0.0747 e. The number of rotatable bonds is 6. The topological polar surface area (TPSA) is 3.24 Å². The second-order valence-electron chi connectivity index (χ2n) is 7.20. The fourth-order valence-electron chi connectivity index (χ4n) is 3.25. The van der Waals surface area contributed by atoms with Crippen LogP contribution < -0.4 is 0 Å². The van der Waals surface area contributed by atoms with Crippen molar-refractivity contribution in [1.29, 1.82) is 0 Å². The maximum atomic E-state index is 3.55. The summed E-state index contributed by atoms with van der Waals surface area (Å²) in [4.78, 5) is 2.49. The van der Waals surface area contributed by atoms with Crippen molar-refractivity contribution in [2.45, 2.75) is 33.0 Å². The van der Waals surface area contributed by atoms with Gasteiger partial charge < -0.3 is 0 Å². The van der Waals surface area contributed by atoms with Gasteiger partial charge in [0, 0.05) is 18.7 Å². The van der Waals surface area contributed by atoms with Crippen molar-refractivity contribution in [3.8, 4) is 11.8 Å². The van der Waals surface area contributed by atoms with Gasteiger partial charge in [-0.15, -0.1) is 0 Å². The van der Waals surface area contributed by atoms with Gasteiger partial charge in [0.1, 0.15) is 0 Å². The quantitative estimate of drug-likeness (QED) is 0.509. The van der Waals surface area contributed by atoms with Gasteiger partial charge in [-0.1, -0.05) is 105 Å². The minimum absolute atomic E-state index is 0.186. The van der Waals surface area contributed by atoms with Crippen molar-refractivity contribution in [3.05, 3.63) is 108 Å². The molecule has 3 aromatic rings. The minimum Gasteiger partial charge on any atom is -0.281 e. The molecule has 0 aromatic heterocycles. The Balaban J connectivity index is 1.88. The van der Waals surface area contributed by atoms with E-state index >= 15 is 0 Å². The van der Waals surface area contributed by atoms with Crippen LogP contribution in [0.1, 0.15) is 30.5 Å². The molecule has 0 spiro atoms. The van der Waals surface area contributed by atoms with Crippen molar-refractivity contribution in [2.75, 3.05) is 0 Å². The fraction of sp³-hybridized carbons (Fsp3) is 0.231. The molecule has 0 radical (unpaired) electrons. The third kappa shape index (κ3) is 5.84. The third-order valence-electron chi connectivity index (χ3n) is 4.62. The second kappa shape index (κ2) is 9.76. The van der Waals surface area contributed by atoms with E-state index in [1.165, 1.54) is 11.1 Å². The molecule has 0 aliphatic heterocycles. The maximum absolute atomic E-state index is 3.55. The van der Waals surface area contributed by atoms with Crippen molar-refractivity contribution in [1.82, 2.24) is 4.90 Å². The number of hydrogen-bond donors (Lipinski definition) is 0. The molecule has 0 bridgehead atoms. The lowest BCUT2D eigenvalue weighted by molar-refractivity contribution is 0.179. The van der Waals surface area contributed by atoms with Crippen molar-refractivity contribution in [3.63, 3.8) is 0 Å². The van der Waals surface area contributed by atoms with Gasteiger partial charge in [0.15, 0.2) is 0 Å². The molecular weight excluding hydrogens is 326 g/mol. The minimum atomic E-state index is 0.186. The van der Waals surface area contributed by atoms with Crippen LogP contribution in [-0.4, -0.2) is 10.9 Å². The Hall–Kier alpha value is -2.82. The molecule has 0 N–H and O–H groups in total. The molecule has 1 atom stereocenters. The van der Waals surface area contributed by atoms with E-state index in [4.69, 9.17) is 0 Å². The highest BCUT2D eigenvalue weighted by Gasteiger charge is 2.20. The third-order valence-corrected chi connectivity index (χ3v) is 4.62. The molecule has 0 saturated carbocycles. The Kier molecular flexibility index (Phi) is 6.85. The summed E-state index contributed by atoms with van der Waals surface area (Å²) >= 11 is 0. The summed E-state index contributed by atoms with van der Waals surface area (Å²) in [5, 5.41) is 0. The molecule has 27 heavy (non-hydrogen) atoms. The van der Waals surface area contributed by atoms with Gasteiger partial charge in [-0.3, -0.25) is 4.90 Å². The molecule has 136 valence electrons. The zero-order chi connectivity index (χ0) is 18.9. The molecule has 0 amide bonds. The zero-order valence-corrected chi connectivity index (χ0v) is 16.2.